The molecule has 0 unspecified atom stereocenters. The van der Waals surface area contributed by atoms with Gasteiger partial charge in [0, 0.05) is 6.54 Å². The van der Waals surface area contributed by atoms with Crippen LogP contribution in [0.25, 0.3) is 0 Å². The normalized spacial score (nSPS) is 22.5. The third-order valence-electron chi connectivity index (χ3n) is 5.74. The molecular formula is C19H30N2. The van der Waals surface area contributed by atoms with Crippen molar-refractivity contribution in [2.45, 2.75) is 57.9 Å². The van der Waals surface area contributed by atoms with Gasteiger partial charge >= 0.3 is 0 Å². The molecule has 116 valence electrons. The van der Waals surface area contributed by atoms with Crippen LogP contribution in [0.4, 0.5) is 0 Å². The van der Waals surface area contributed by atoms with Crippen LogP contribution in [0.1, 0.15) is 56.1 Å². The van der Waals surface area contributed by atoms with E-state index >= 15 is 0 Å². The van der Waals surface area contributed by atoms with Crippen LogP contribution in [0.3, 0.4) is 0 Å². The van der Waals surface area contributed by atoms with E-state index in [1.54, 1.807) is 11.1 Å². The third-order valence-corrected chi connectivity index (χ3v) is 5.74. The van der Waals surface area contributed by atoms with Crippen molar-refractivity contribution in [2.24, 2.45) is 11.1 Å². The van der Waals surface area contributed by atoms with Gasteiger partial charge in [0.05, 0.1) is 0 Å². The van der Waals surface area contributed by atoms with Crippen molar-refractivity contribution in [1.29, 1.82) is 0 Å². The molecule has 1 heterocycles. The van der Waals surface area contributed by atoms with E-state index in [1.807, 2.05) is 0 Å². The summed E-state index contributed by atoms with van der Waals surface area (Å²) in [6.45, 7) is 4.50. The van der Waals surface area contributed by atoms with E-state index in [2.05, 4.69) is 29.2 Å². The van der Waals surface area contributed by atoms with Crippen LogP contribution in [-0.4, -0.2) is 24.5 Å². The third kappa shape index (κ3) is 3.67. The minimum absolute atomic E-state index is 0.448. The Bertz CT molecular complexity index is 449. The van der Waals surface area contributed by atoms with Crippen molar-refractivity contribution in [3.05, 3.63) is 35.4 Å². The van der Waals surface area contributed by atoms with Crippen molar-refractivity contribution in [3.8, 4) is 0 Å². The highest BCUT2D eigenvalue weighted by Gasteiger charge is 2.30. The Morgan fingerprint density at radius 2 is 1.76 bits per heavy atom. The van der Waals surface area contributed by atoms with Gasteiger partial charge in [0.25, 0.3) is 0 Å². The van der Waals surface area contributed by atoms with Crippen LogP contribution in [0.2, 0.25) is 0 Å². The monoisotopic (exact) mass is 286 g/mol. The molecule has 0 amide bonds. The van der Waals surface area contributed by atoms with E-state index in [0.29, 0.717) is 5.41 Å². The van der Waals surface area contributed by atoms with Gasteiger partial charge in [-0.25, -0.2) is 0 Å². The summed E-state index contributed by atoms with van der Waals surface area (Å²) < 4.78 is 0. The second-order valence-electron chi connectivity index (χ2n) is 7.16. The average molecular weight is 286 g/mol. The van der Waals surface area contributed by atoms with Gasteiger partial charge in [-0.15, -0.1) is 0 Å². The molecule has 0 bridgehead atoms. The first-order valence-electron chi connectivity index (χ1n) is 8.81. The lowest BCUT2D eigenvalue weighted by molar-refractivity contribution is 0.144. The zero-order valence-corrected chi connectivity index (χ0v) is 13.3. The van der Waals surface area contributed by atoms with Crippen molar-refractivity contribution >= 4 is 0 Å². The zero-order chi connectivity index (χ0) is 14.5. The van der Waals surface area contributed by atoms with Gasteiger partial charge in [-0.1, -0.05) is 43.5 Å². The second-order valence-corrected chi connectivity index (χ2v) is 7.16. The first-order chi connectivity index (χ1) is 10.3. The first-order valence-corrected chi connectivity index (χ1v) is 8.81. The highest BCUT2D eigenvalue weighted by atomic mass is 15.1. The SMILES string of the molecule is NCC1(CCN2CCCc3ccccc3C2)CCCCC1. The number of benzene rings is 1. The Morgan fingerprint density at radius 1 is 1.00 bits per heavy atom. The van der Waals surface area contributed by atoms with E-state index in [1.165, 1.54) is 64.5 Å². The molecule has 3 rings (SSSR count). The molecule has 0 aromatic heterocycles. The Hall–Kier alpha value is -0.860. The van der Waals surface area contributed by atoms with Gasteiger partial charge in [-0.2, -0.15) is 0 Å². The molecular weight excluding hydrogens is 256 g/mol. The molecule has 1 aliphatic carbocycles. The molecule has 1 aromatic carbocycles. The molecule has 0 saturated heterocycles. The number of fused-ring (bicyclic) bond motifs is 1. The predicted octanol–water partition coefficient (Wildman–Crippen LogP) is 3.73. The van der Waals surface area contributed by atoms with Crippen LogP contribution in [0.15, 0.2) is 24.3 Å². The van der Waals surface area contributed by atoms with Crippen LogP contribution >= 0.6 is 0 Å². The van der Waals surface area contributed by atoms with Crippen LogP contribution in [0.5, 0.6) is 0 Å². The minimum atomic E-state index is 0.448. The number of aryl methyl sites for hydroxylation is 1. The quantitative estimate of drug-likeness (QED) is 0.913. The number of nitrogens with two attached hydrogens (primary N) is 1. The summed E-state index contributed by atoms with van der Waals surface area (Å²) in [5, 5.41) is 0. The van der Waals surface area contributed by atoms with Crippen molar-refractivity contribution in [2.75, 3.05) is 19.6 Å². The molecule has 1 fully saturated rings. The number of nitrogens with zero attached hydrogens (tertiary/aromatic N) is 1. The van der Waals surface area contributed by atoms with Crippen LogP contribution in [-0.2, 0) is 13.0 Å². The van der Waals surface area contributed by atoms with Gasteiger partial charge in [0.2, 0.25) is 0 Å². The number of rotatable bonds is 4. The Morgan fingerprint density at radius 3 is 2.52 bits per heavy atom. The molecule has 2 nitrogen and oxygen atoms in total. The zero-order valence-electron chi connectivity index (χ0n) is 13.3. The highest BCUT2D eigenvalue weighted by molar-refractivity contribution is 5.28. The van der Waals surface area contributed by atoms with Crippen molar-refractivity contribution in [3.63, 3.8) is 0 Å². The molecule has 21 heavy (non-hydrogen) atoms. The topological polar surface area (TPSA) is 29.3 Å². The summed E-state index contributed by atoms with van der Waals surface area (Å²) in [4.78, 5) is 2.66. The lowest BCUT2D eigenvalue weighted by atomic mass is 9.72. The summed E-state index contributed by atoms with van der Waals surface area (Å²) >= 11 is 0. The number of hydrogen-bond donors (Lipinski definition) is 1. The van der Waals surface area contributed by atoms with Gasteiger partial charge < -0.3 is 5.73 Å². The summed E-state index contributed by atoms with van der Waals surface area (Å²) in [6.07, 6.45) is 10.7. The molecule has 1 aromatic rings. The van der Waals surface area contributed by atoms with E-state index < -0.39 is 0 Å². The maximum absolute atomic E-state index is 6.14. The van der Waals surface area contributed by atoms with E-state index in [4.69, 9.17) is 5.73 Å². The van der Waals surface area contributed by atoms with Crippen molar-refractivity contribution in [1.82, 2.24) is 4.90 Å². The molecule has 1 aliphatic heterocycles. The molecule has 0 atom stereocenters. The molecule has 2 N–H and O–H groups in total. The lowest BCUT2D eigenvalue weighted by Crippen LogP contribution is -2.37. The highest BCUT2D eigenvalue weighted by Crippen LogP contribution is 2.38. The summed E-state index contributed by atoms with van der Waals surface area (Å²) in [6, 6.07) is 8.99. The maximum Gasteiger partial charge on any atom is 0.0236 e. The fourth-order valence-corrected chi connectivity index (χ4v) is 4.21. The number of hydrogen-bond acceptors (Lipinski definition) is 2. The first kappa shape index (κ1) is 15.1. The van der Waals surface area contributed by atoms with Gasteiger partial charge in [-0.3, -0.25) is 4.90 Å². The molecule has 0 radical (unpaired) electrons. The fourth-order valence-electron chi connectivity index (χ4n) is 4.21. The summed E-state index contributed by atoms with van der Waals surface area (Å²) in [7, 11) is 0. The van der Waals surface area contributed by atoms with Gasteiger partial charge in [0.1, 0.15) is 0 Å². The molecule has 0 spiro atoms. The smallest absolute Gasteiger partial charge is 0.0236 e. The average Bonchev–Trinajstić information content (AvgIpc) is 2.76. The minimum Gasteiger partial charge on any atom is -0.330 e. The maximum atomic E-state index is 6.14. The largest absolute Gasteiger partial charge is 0.330 e. The van der Waals surface area contributed by atoms with Crippen LogP contribution in [0, 0.1) is 5.41 Å². The summed E-state index contributed by atoms with van der Waals surface area (Å²) in [5.41, 5.74) is 9.69. The van der Waals surface area contributed by atoms with Crippen LogP contribution < -0.4 is 5.73 Å². The Labute approximate surface area is 129 Å². The van der Waals surface area contributed by atoms with E-state index in [9.17, 15) is 0 Å². The molecule has 2 aliphatic rings. The second kappa shape index (κ2) is 6.93. The van der Waals surface area contributed by atoms with E-state index in [-0.39, 0.29) is 0 Å². The van der Waals surface area contributed by atoms with E-state index in [0.717, 1.165) is 13.1 Å². The summed E-state index contributed by atoms with van der Waals surface area (Å²) in [5.74, 6) is 0. The lowest BCUT2D eigenvalue weighted by Gasteiger charge is -2.38. The standard InChI is InChI=1S/C19H30N2/c20-16-19(10-4-1-5-11-19)12-14-21-13-6-9-17-7-2-3-8-18(17)15-21/h2-3,7-8H,1,4-6,9-16,20H2. The molecule has 2 heteroatoms. The fraction of sp³-hybridized carbons (Fsp3) is 0.684. The van der Waals surface area contributed by atoms with Gasteiger partial charge in [-0.05, 0) is 68.3 Å². The Kier molecular flexibility index (Phi) is 4.97. The van der Waals surface area contributed by atoms with Crippen molar-refractivity contribution < 1.29 is 0 Å². The Balaban J connectivity index is 1.60. The van der Waals surface area contributed by atoms with Gasteiger partial charge in [0.15, 0.2) is 0 Å². The predicted molar refractivity (Wildman–Crippen MR) is 89.2 cm³/mol. The molecule has 1 saturated carbocycles.